The Labute approximate surface area is 242 Å². The first-order chi connectivity index (χ1) is 19.9. The highest BCUT2D eigenvalue weighted by atomic mass is 16.2. The Morgan fingerprint density at radius 1 is 0.707 bits per heavy atom. The average Bonchev–Trinajstić information content (AvgIpc) is 3.30. The summed E-state index contributed by atoms with van der Waals surface area (Å²) in [5, 5.41) is 13.1. The zero-order valence-electron chi connectivity index (χ0n) is 24.9. The molecule has 9 nitrogen and oxygen atoms in total. The van der Waals surface area contributed by atoms with Crippen LogP contribution in [0.1, 0.15) is 74.1 Å². The van der Waals surface area contributed by atoms with Gasteiger partial charge >= 0.3 is 0 Å². The lowest BCUT2D eigenvalue weighted by atomic mass is 9.99. The molecule has 0 radical (unpaired) electrons. The number of likely N-dealkylation sites (N-methyl/N-ethyl adjacent to an activating group) is 2. The molecule has 1 atom stereocenters. The molecule has 0 saturated heterocycles. The fourth-order valence-electron chi connectivity index (χ4n) is 5.06. The first-order valence-electron chi connectivity index (χ1n) is 15.0. The molecule has 0 aliphatic rings. The van der Waals surface area contributed by atoms with Gasteiger partial charge < -0.3 is 25.8 Å². The van der Waals surface area contributed by atoms with Crippen LogP contribution in [0.25, 0.3) is 21.8 Å². The van der Waals surface area contributed by atoms with E-state index in [-0.39, 0.29) is 11.1 Å². The van der Waals surface area contributed by atoms with Gasteiger partial charge in [0.05, 0.1) is 0 Å². The lowest BCUT2D eigenvalue weighted by Gasteiger charge is -2.17. The molecule has 0 bridgehead atoms. The molecule has 2 aromatic carbocycles. The highest BCUT2D eigenvalue weighted by Gasteiger charge is 2.22. The van der Waals surface area contributed by atoms with E-state index in [0.717, 1.165) is 67.1 Å². The number of Topliss-reactive ketones (excluding diaryl/α,β-unsaturated/α-hetero) is 2. The van der Waals surface area contributed by atoms with Crippen molar-refractivity contribution in [3.63, 3.8) is 0 Å². The zero-order valence-corrected chi connectivity index (χ0v) is 24.9. The van der Waals surface area contributed by atoms with Crippen molar-refractivity contribution in [2.45, 2.75) is 59.9 Å². The van der Waals surface area contributed by atoms with Crippen molar-refractivity contribution in [3.05, 3.63) is 47.5 Å². The van der Waals surface area contributed by atoms with Crippen LogP contribution < -0.4 is 21.3 Å². The molecule has 2 amide bonds. The summed E-state index contributed by atoms with van der Waals surface area (Å²) >= 11 is 0. The van der Waals surface area contributed by atoms with Crippen molar-refractivity contribution in [2.75, 3.05) is 39.3 Å². The molecule has 1 heterocycles. The normalized spacial score (nSPS) is 12.0. The van der Waals surface area contributed by atoms with Crippen LogP contribution in [-0.4, -0.2) is 67.2 Å². The highest BCUT2D eigenvalue weighted by molar-refractivity contribution is 6.44. The van der Waals surface area contributed by atoms with Gasteiger partial charge in [0.1, 0.15) is 0 Å². The number of carbonyl (C=O) groups excluding carboxylic acids is 4. The Bertz CT molecular complexity index is 1270. The summed E-state index contributed by atoms with van der Waals surface area (Å²) < 4.78 is 2.24. The summed E-state index contributed by atoms with van der Waals surface area (Å²) in [5.41, 5.74) is 2.43. The van der Waals surface area contributed by atoms with Crippen LogP contribution in [0, 0.1) is 5.92 Å². The van der Waals surface area contributed by atoms with Crippen LogP contribution in [0.2, 0.25) is 0 Å². The number of unbranched alkanes of at least 4 members (excludes halogenated alkanes) is 1. The number of hydrogen-bond acceptors (Lipinski definition) is 6. The third-order valence-corrected chi connectivity index (χ3v) is 7.46. The fourth-order valence-corrected chi connectivity index (χ4v) is 5.06. The Morgan fingerprint density at radius 2 is 1.20 bits per heavy atom. The van der Waals surface area contributed by atoms with E-state index in [9.17, 15) is 19.2 Å². The van der Waals surface area contributed by atoms with Crippen molar-refractivity contribution in [3.8, 4) is 0 Å². The SMILES string of the molecule is CCCCC(CC)Cn1c2ccc(C(=O)C(=O)NCCNCC)cc2c2cc(C(=O)C(=O)NCCNCC)ccc21. The molecule has 1 unspecified atom stereocenters. The van der Waals surface area contributed by atoms with Crippen LogP contribution in [-0.2, 0) is 16.1 Å². The van der Waals surface area contributed by atoms with E-state index in [0.29, 0.717) is 32.1 Å². The van der Waals surface area contributed by atoms with E-state index in [1.165, 1.54) is 0 Å². The first kappa shape index (κ1) is 32.0. The van der Waals surface area contributed by atoms with E-state index < -0.39 is 23.4 Å². The van der Waals surface area contributed by atoms with E-state index in [2.05, 4.69) is 39.7 Å². The number of hydrogen-bond donors (Lipinski definition) is 4. The second kappa shape index (κ2) is 16.0. The summed E-state index contributed by atoms with van der Waals surface area (Å²) in [6, 6.07) is 10.6. The molecule has 3 aromatic rings. The number of benzene rings is 2. The molecule has 222 valence electrons. The molecular formula is C32H45N5O4. The van der Waals surface area contributed by atoms with Gasteiger partial charge in [0.2, 0.25) is 11.6 Å². The standard InChI is InChI=1S/C32H45N5O4/c1-5-9-10-22(6-2)21-37-27-13-11-23(29(38)31(40)35-17-15-33-7-3)19-25(27)26-20-24(12-14-28(26)37)30(39)32(41)36-18-16-34-8-4/h11-14,19-20,22,33-34H,5-10,15-18,21H2,1-4H3,(H,35,40)(H,36,41). The van der Waals surface area contributed by atoms with Gasteiger partial charge in [-0.2, -0.15) is 0 Å². The quantitative estimate of drug-likeness (QED) is 0.106. The second-order valence-corrected chi connectivity index (χ2v) is 10.4. The number of fused-ring (bicyclic) bond motifs is 3. The van der Waals surface area contributed by atoms with Gasteiger partial charge in [-0.3, -0.25) is 19.2 Å². The largest absolute Gasteiger partial charge is 0.348 e. The van der Waals surface area contributed by atoms with Crippen LogP contribution in [0.5, 0.6) is 0 Å². The first-order valence-corrected chi connectivity index (χ1v) is 15.0. The van der Waals surface area contributed by atoms with Crippen LogP contribution >= 0.6 is 0 Å². The summed E-state index contributed by atoms with van der Waals surface area (Å²) in [6.07, 6.45) is 4.43. The lowest BCUT2D eigenvalue weighted by Crippen LogP contribution is -2.36. The Balaban J connectivity index is 2.01. The van der Waals surface area contributed by atoms with Crippen molar-refractivity contribution < 1.29 is 19.2 Å². The van der Waals surface area contributed by atoms with Crippen molar-refractivity contribution in [1.82, 2.24) is 25.8 Å². The van der Waals surface area contributed by atoms with Crippen molar-refractivity contribution in [1.29, 1.82) is 0 Å². The molecule has 41 heavy (non-hydrogen) atoms. The predicted octanol–water partition coefficient (Wildman–Crippen LogP) is 3.83. The summed E-state index contributed by atoms with van der Waals surface area (Å²) in [5.74, 6) is -2.04. The predicted molar refractivity (Wildman–Crippen MR) is 165 cm³/mol. The van der Waals surface area contributed by atoms with Crippen molar-refractivity contribution in [2.24, 2.45) is 5.92 Å². The summed E-state index contributed by atoms with van der Waals surface area (Å²) in [7, 11) is 0. The monoisotopic (exact) mass is 563 g/mol. The molecule has 3 rings (SSSR count). The molecule has 0 spiro atoms. The number of nitrogens with zero attached hydrogens (tertiary/aromatic N) is 1. The minimum atomic E-state index is -0.651. The van der Waals surface area contributed by atoms with Gasteiger partial charge in [0.15, 0.2) is 0 Å². The molecule has 0 aliphatic carbocycles. The van der Waals surface area contributed by atoms with Gasteiger partial charge in [-0.25, -0.2) is 0 Å². The highest BCUT2D eigenvalue weighted by Crippen LogP contribution is 2.33. The van der Waals surface area contributed by atoms with E-state index in [1.807, 2.05) is 26.0 Å². The third kappa shape index (κ3) is 8.24. The van der Waals surface area contributed by atoms with E-state index >= 15 is 0 Å². The molecule has 9 heteroatoms. The minimum Gasteiger partial charge on any atom is -0.348 e. The number of rotatable bonds is 18. The molecular weight excluding hydrogens is 518 g/mol. The van der Waals surface area contributed by atoms with Gasteiger partial charge in [-0.1, -0.05) is 47.0 Å². The topological polar surface area (TPSA) is 121 Å². The fraction of sp³-hybridized carbons (Fsp3) is 0.500. The molecule has 0 aliphatic heterocycles. The maximum Gasteiger partial charge on any atom is 0.292 e. The second-order valence-electron chi connectivity index (χ2n) is 10.4. The van der Waals surface area contributed by atoms with Gasteiger partial charge in [-0.15, -0.1) is 0 Å². The number of nitrogens with one attached hydrogen (secondary N) is 4. The van der Waals surface area contributed by atoms with E-state index in [1.54, 1.807) is 24.3 Å². The third-order valence-electron chi connectivity index (χ3n) is 7.46. The molecule has 4 N–H and O–H groups in total. The van der Waals surface area contributed by atoms with Gasteiger partial charge in [0.25, 0.3) is 11.8 Å². The number of amides is 2. The maximum absolute atomic E-state index is 13.0. The average molecular weight is 564 g/mol. The number of aromatic nitrogens is 1. The van der Waals surface area contributed by atoms with Gasteiger partial charge in [0, 0.05) is 65.7 Å². The summed E-state index contributed by atoms with van der Waals surface area (Å²) in [4.78, 5) is 51.1. The minimum absolute atomic E-state index is 0.286. The smallest absolute Gasteiger partial charge is 0.292 e. The van der Waals surface area contributed by atoms with Crippen molar-refractivity contribution >= 4 is 45.2 Å². The Hall–Kier alpha value is -3.56. The molecule has 1 aromatic heterocycles. The van der Waals surface area contributed by atoms with Crippen LogP contribution in [0.15, 0.2) is 36.4 Å². The maximum atomic E-state index is 13.0. The summed E-state index contributed by atoms with van der Waals surface area (Å²) in [6.45, 7) is 12.6. The number of ketones is 2. The Morgan fingerprint density at radius 3 is 1.61 bits per heavy atom. The van der Waals surface area contributed by atoms with Crippen LogP contribution in [0.3, 0.4) is 0 Å². The number of carbonyl (C=O) groups is 4. The van der Waals surface area contributed by atoms with Crippen LogP contribution in [0.4, 0.5) is 0 Å². The van der Waals surface area contributed by atoms with E-state index in [4.69, 9.17) is 0 Å². The molecule has 0 fully saturated rings. The zero-order chi connectivity index (χ0) is 29.8. The molecule has 0 saturated carbocycles. The van der Waals surface area contributed by atoms with Gasteiger partial charge in [-0.05, 0) is 61.8 Å². The Kier molecular flexibility index (Phi) is 12.5. The lowest BCUT2D eigenvalue weighted by molar-refractivity contribution is -0.117.